The summed E-state index contributed by atoms with van der Waals surface area (Å²) in [6.45, 7) is 2.01. The lowest BCUT2D eigenvalue weighted by Gasteiger charge is -2.19. The van der Waals surface area contributed by atoms with Gasteiger partial charge in [0.25, 0.3) is 5.91 Å². The maximum atomic E-state index is 12.7. The molecule has 1 fully saturated rings. The van der Waals surface area contributed by atoms with Gasteiger partial charge in [0.2, 0.25) is 0 Å². The molecule has 32 heavy (non-hydrogen) atoms. The number of halogens is 1. The van der Waals surface area contributed by atoms with Crippen LogP contribution in [-0.4, -0.2) is 19.0 Å². The highest BCUT2D eigenvalue weighted by molar-refractivity contribution is 6.33. The Morgan fingerprint density at radius 3 is 2.44 bits per heavy atom. The van der Waals surface area contributed by atoms with E-state index < -0.39 is 5.63 Å². The summed E-state index contributed by atoms with van der Waals surface area (Å²) in [5.41, 5.74) is 3.42. The van der Waals surface area contributed by atoms with Crippen LogP contribution in [0, 0.1) is 0 Å². The highest BCUT2D eigenvalue weighted by atomic mass is 35.5. The second-order valence-corrected chi connectivity index (χ2v) is 8.28. The van der Waals surface area contributed by atoms with E-state index in [4.69, 9.17) is 16.0 Å². The van der Waals surface area contributed by atoms with Crippen molar-refractivity contribution in [2.45, 2.75) is 12.8 Å². The number of fused-ring (bicyclic) bond motifs is 1. The summed E-state index contributed by atoms with van der Waals surface area (Å²) < 4.78 is 5.41. The minimum atomic E-state index is -0.409. The Morgan fingerprint density at radius 2 is 1.69 bits per heavy atom. The number of hydrogen-bond donors (Lipinski definition) is 1. The summed E-state index contributed by atoms with van der Waals surface area (Å²) in [5, 5.41) is 4.36. The Labute approximate surface area is 190 Å². The summed E-state index contributed by atoms with van der Waals surface area (Å²) in [7, 11) is 0. The van der Waals surface area contributed by atoms with Crippen LogP contribution in [0.4, 0.5) is 11.4 Å². The fourth-order valence-electron chi connectivity index (χ4n) is 4.07. The number of anilines is 2. The molecule has 0 aliphatic carbocycles. The third-order valence-electron chi connectivity index (χ3n) is 5.75. The number of rotatable bonds is 4. The molecule has 1 aliphatic heterocycles. The average molecular weight is 445 g/mol. The van der Waals surface area contributed by atoms with Gasteiger partial charge in [-0.3, -0.25) is 4.79 Å². The molecule has 1 aromatic heterocycles. The molecular weight excluding hydrogens is 424 g/mol. The lowest BCUT2D eigenvalue weighted by molar-refractivity contribution is 0.102. The van der Waals surface area contributed by atoms with Gasteiger partial charge in [-0.15, -0.1) is 0 Å². The minimum Gasteiger partial charge on any atom is -0.422 e. The van der Waals surface area contributed by atoms with Crippen LogP contribution < -0.4 is 15.8 Å². The maximum Gasteiger partial charge on any atom is 0.344 e. The third-order valence-corrected chi connectivity index (χ3v) is 6.05. The summed E-state index contributed by atoms with van der Waals surface area (Å²) in [4.78, 5) is 27.4. The van der Waals surface area contributed by atoms with Gasteiger partial charge in [-0.05, 0) is 60.9 Å². The number of nitrogens with zero attached hydrogens (tertiary/aromatic N) is 1. The number of nitrogens with one attached hydrogen (secondary N) is 1. The smallest absolute Gasteiger partial charge is 0.344 e. The monoisotopic (exact) mass is 444 g/mol. The largest absolute Gasteiger partial charge is 0.422 e. The molecule has 5 rings (SSSR count). The molecule has 0 unspecified atom stereocenters. The van der Waals surface area contributed by atoms with Crippen LogP contribution in [0.5, 0.6) is 0 Å². The zero-order valence-corrected chi connectivity index (χ0v) is 18.1. The molecule has 3 aromatic carbocycles. The molecule has 1 N–H and O–H groups in total. The van der Waals surface area contributed by atoms with Crippen LogP contribution in [0.1, 0.15) is 23.2 Å². The predicted octanol–water partition coefficient (Wildman–Crippen LogP) is 5.97. The molecule has 1 saturated heterocycles. The number of para-hydroxylation sites is 1. The first-order chi connectivity index (χ1) is 15.6. The van der Waals surface area contributed by atoms with E-state index >= 15 is 0 Å². The molecule has 160 valence electrons. The Balaban J connectivity index is 1.34. The fraction of sp³-hybridized carbons (Fsp3) is 0.154. The first kappa shape index (κ1) is 20.3. The van der Waals surface area contributed by atoms with E-state index in [0.29, 0.717) is 33.0 Å². The van der Waals surface area contributed by atoms with Crippen LogP contribution in [0.2, 0.25) is 5.02 Å². The van der Waals surface area contributed by atoms with Crippen LogP contribution >= 0.6 is 11.6 Å². The van der Waals surface area contributed by atoms with Gasteiger partial charge in [0.1, 0.15) is 5.58 Å². The van der Waals surface area contributed by atoms with Crippen molar-refractivity contribution in [1.82, 2.24) is 0 Å². The zero-order chi connectivity index (χ0) is 22.1. The molecular formula is C26H21ClN2O3. The summed E-state index contributed by atoms with van der Waals surface area (Å²) >= 11 is 6.45. The Bertz CT molecular complexity index is 1360. The summed E-state index contributed by atoms with van der Waals surface area (Å²) in [5.74, 6) is -0.243. The molecule has 0 atom stereocenters. The first-order valence-corrected chi connectivity index (χ1v) is 11.0. The van der Waals surface area contributed by atoms with Gasteiger partial charge in [0.05, 0.1) is 16.3 Å². The van der Waals surface area contributed by atoms with Crippen LogP contribution in [0.15, 0.2) is 82.0 Å². The van der Waals surface area contributed by atoms with Crippen molar-refractivity contribution in [3.05, 3.63) is 93.8 Å². The van der Waals surface area contributed by atoms with E-state index in [9.17, 15) is 9.59 Å². The van der Waals surface area contributed by atoms with Crippen molar-refractivity contribution in [1.29, 1.82) is 0 Å². The molecule has 4 aromatic rings. The number of carbonyl (C=O) groups is 1. The van der Waals surface area contributed by atoms with Crippen molar-refractivity contribution in [3.63, 3.8) is 0 Å². The van der Waals surface area contributed by atoms with Crippen LogP contribution in [0.25, 0.3) is 22.1 Å². The van der Waals surface area contributed by atoms with Gasteiger partial charge >= 0.3 is 5.63 Å². The molecule has 1 aliphatic rings. The normalized spacial score (nSPS) is 13.5. The average Bonchev–Trinajstić information content (AvgIpc) is 3.33. The molecule has 0 bridgehead atoms. The first-order valence-electron chi connectivity index (χ1n) is 10.6. The molecule has 0 radical (unpaired) electrons. The lowest BCUT2D eigenvalue weighted by atomic mass is 10.0. The van der Waals surface area contributed by atoms with Gasteiger partial charge < -0.3 is 14.6 Å². The molecule has 1 amide bonds. The fourth-order valence-corrected chi connectivity index (χ4v) is 4.37. The lowest BCUT2D eigenvalue weighted by Crippen LogP contribution is -2.18. The van der Waals surface area contributed by atoms with E-state index in [1.54, 1.807) is 42.5 Å². The van der Waals surface area contributed by atoms with Crippen molar-refractivity contribution < 1.29 is 9.21 Å². The van der Waals surface area contributed by atoms with Gasteiger partial charge in [-0.2, -0.15) is 0 Å². The Hall–Kier alpha value is -3.57. The van der Waals surface area contributed by atoms with E-state index in [0.717, 1.165) is 24.2 Å². The molecule has 2 heterocycles. The van der Waals surface area contributed by atoms with Gasteiger partial charge in [0.15, 0.2) is 0 Å². The van der Waals surface area contributed by atoms with E-state index in [1.807, 2.05) is 30.3 Å². The molecule has 5 nitrogen and oxygen atoms in total. The Morgan fingerprint density at radius 1 is 0.938 bits per heavy atom. The zero-order valence-electron chi connectivity index (χ0n) is 17.3. The summed E-state index contributed by atoms with van der Waals surface area (Å²) in [6, 6.07) is 21.7. The Kier molecular flexibility index (Phi) is 5.41. The van der Waals surface area contributed by atoms with Crippen molar-refractivity contribution in [2.75, 3.05) is 23.3 Å². The minimum absolute atomic E-state index is 0.243. The predicted molar refractivity (Wildman–Crippen MR) is 129 cm³/mol. The second kappa shape index (κ2) is 8.52. The van der Waals surface area contributed by atoms with Gasteiger partial charge in [0, 0.05) is 29.7 Å². The van der Waals surface area contributed by atoms with E-state index in [1.165, 1.54) is 12.8 Å². The van der Waals surface area contributed by atoms with E-state index in [-0.39, 0.29) is 5.91 Å². The number of hydrogen-bond acceptors (Lipinski definition) is 4. The standard InChI is InChI=1S/C26H21ClN2O3/c27-22-16-20(11-12-23(22)29-13-3-4-14-29)28-25(30)18-9-7-17(8-10-18)21-15-19-5-1-2-6-24(19)32-26(21)31/h1-2,5-12,15-16H,3-4,13-14H2,(H,28,30). The topological polar surface area (TPSA) is 62.6 Å². The van der Waals surface area contributed by atoms with Gasteiger partial charge in [-0.1, -0.05) is 41.9 Å². The quantitative estimate of drug-likeness (QED) is 0.394. The van der Waals surface area contributed by atoms with Crippen molar-refractivity contribution in [3.8, 4) is 11.1 Å². The van der Waals surface area contributed by atoms with Crippen molar-refractivity contribution >= 4 is 39.9 Å². The molecule has 0 saturated carbocycles. The van der Waals surface area contributed by atoms with E-state index in [2.05, 4.69) is 10.2 Å². The van der Waals surface area contributed by atoms with Crippen LogP contribution in [0.3, 0.4) is 0 Å². The maximum absolute atomic E-state index is 12.7. The second-order valence-electron chi connectivity index (χ2n) is 7.88. The highest BCUT2D eigenvalue weighted by Gasteiger charge is 2.16. The SMILES string of the molecule is O=C(Nc1ccc(N2CCCC2)c(Cl)c1)c1ccc(-c2cc3ccccc3oc2=O)cc1. The summed E-state index contributed by atoms with van der Waals surface area (Å²) in [6.07, 6.45) is 2.35. The van der Waals surface area contributed by atoms with Crippen LogP contribution in [-0.2, 0) is 0 Å². The number of benzene rings is 3. The van der Waals surface area contributed by atoms with Gasteiger partial charge in [-0.25, -0.2) is 4.79 Å². The number of carbonyl (C=O) groups excluding carboxylic acids is 1. The molecule has 0 spiro atoms. The molecule has 6 heteroatoms. The van der Waals surface area contributed by atoms with Crippen molar-refractivity contribution in [2.24, 2.45) is 0 Å². The third kappa shape index (κ3) is 3.99. The number of amides is 1. The highest BCUT2D eigenvalue weighted by Crippen LogP contribution is 2.31.